The van der Waals surface area contributed by atoms with Gasteiger partial charge in [-0.3, -0.25) is 5.43 Å². The second-order valence-electron chi connectivity index (χ2n) is 3.82. The minimum absolute atomic E-state index is 0.0154. The number of anilines is 2. The summed E-state index contributed by atoms with van der Waals surface area (Å²) < 4.78 is 1.39. The predicted molar refractivity (Wildman–Crippen MR) is 67.3 cm³/mol. The maximum atomic E-state index is 8.87. The van der Waals surface area contributed by atoms with E-state index in [4.69, 9.17) is 10.9 Å². The van der Waals surface area contributed by atoms with E-state index in [0.29, 0.717) is 18.3 Å². The second kappa shape index (κ2) is 6.02. The fourth-order valence-electron chi connectivity index (χ4n) is 1.39. The molecule has 5 N–H and O–H groups in total. The van der Waals surface area contributed by atoms with E-state index in [9.17, 15) is 0 Å². The first-order valence-corrected chi connectivity index (χ1v) is 5.68. The zero-order chi connectivity index (χ0) is 13.7. The number of rotatable bonds is 6. The number of nitrogen functional groups attached to an aromatic ring is 1. The van der Waals surface area contributed by atoms with E-state index in [2.05, 4.69) is 35.8 Å². The molecule has 0 saturated heterocycles. The SMILES string of the molecule is CC(CCO)Nc1nc(NN)nc(-n2cncn2)n1. The van der Waals surface area contributed by atoms with Gasteiger partial charge in [-0.15, -0.1) is 0 Å². The van der Waals surface area contributed by atoms with E-state index in [1.165, 1.54) is 17.3 Å². The quantitative estimate of drug-likeness (QED) is 0.379. The van der Waals surface area contributed by atoms with Crippen molar-refractivity contribution in [3.63, 3.8) is 0 Å². The van der Waals surface area contributed by atoms with Crippen LogP contribution < -0.4 is 16.6 Å². The maximum absolute atomic E-state index is 8.87. The molecule has 0 spiro atoms. The normalized spacial score (nSPS) is 12.2. The summed E-state index contributed by atoms with van der Waals surface area (Å²) in [6, 6.07) is 0.0154. The molecule has 0 aliphatic heterocycles. The number of aliphatic hydroxyl groups excluding tert-OH is 1. The van der Waals surface area contributed by atoms with Crippen molar-refractivity contribution >= 4 is 11.9 Å². The van der Waals surface area contributed by atoms with E-state index in [1.807, 2.05) is 6.92 Å². The lowest BCUT2D eigenvalue weighted by molar-refractivity contribution is 0.282. The number of aromatic nitrogens is 6. The number of hydrogen-bond donors (Lipinski definition) is 4. The summed E-state index contributed by atoms with van der Waals surface area (Å²) >= 11 is 0. The van der Waals surface area contributed by atoms with Gasteiger partial charge in [0.2, 0.25) is 11.9 Å². The van der Waals surface area contributed by atoms with E-state index < -0.39 is 0 Å². The first-order chi connectivity index (χ1) is 9.22. The molecule has 0 bridgehead atoms. The Balaban J connectivity index is 2.26. The van der Waals surface area contributed by atoms with Crippen molar-refractivity contribution in [2.75, 3.05) is 17.3 Å². The van der Waals surface area contributed by atoms with Crippen molar-refractivity contribution in [1.29, 1.82) is 0 Å². The Labute approximate surface area is 109 Å². The molecule has 10 nitrogen and oxygen atoms in total. The summed E-state index contributed by atoms with van der Waals surface area (Å²) in [5.41, 5.74) is 2.36. The maximum Gasteiger partial charge on any atom is 0.258 e. The van der Waals surface area contributed by atoms with Gasteiger partial charge >= 0.3 is 0 Å². The molecular formula is C9H15N9O. The summed E-state index contributed by atoms with van der Waals surface area (Å²) in [4.78, 5) is 16.1. The molecule has 1 unspecified atom stereocenters. The van der Waals surface area contributed by atoms with Crippen LogP contribution in [0.1, 0.15) is 13.3 Å². The average molecular weight is 265 g/mol. The molecule has 0 saturated carbocycles. The third-order valence-electron chi connectivity index (χ3n) is 2.31. The third-order valence-corrected chi connectivity index (χ3v) is 2.31. The van der Waals surface area contributed by atoms with Crippen molar-refractivity contribution in [1.82, 2.24) is 29.7 Å². The molecule has 0 amide bonds. The highest BCUT2D eigenvalue weighted by Crippen LogP contribution is 2.09. The molecule has 0 aliphatic carbocycles. The van der Waals surface area contributed by atoms with Gasteiger partial charge in [-0.05, 0) is 13.3 Å². The Bertz CT molecular complexity index is 514. The molecular weight excluding hydrogens is 250 g/mol. The number of hydrogen-bond acceptors (Lipinski definition) is 9. The first-order valence-electron chi connectivity index (χ1n) is 5.68. The first kappa shape index (κ1) is 13.1. The molecule has 2 heterocycles. The highest BCUT2D eigenvalue weighted by molar-refractivity contribution is 5.37. The van der Waals surface area contributed by atoms with Crippen molar-refractivity contribution in [2.24, 2.45) is 5.84 Å². The lowest BCUT2D eigenvalue weighted by Crippen LogP contribution is -2.21. The second-order valence-corrected chi connectivity index (χ2v) is 3.82. The number of nitrogens with zero attached hydrogens (tertiary/aromatic N) is 6. The molecule has 102 valence electrons. The molecule has 1 atom stereocenters. The van der Waals surface area contributed by atoms with Gasteiger partial charge in [-0.1, -0.05) is 0 Å². The molecule has 2 aromatic rings. The minimum atomic E-state index is 0.0154. The van der Waals surface area contributed by atoms with Crippen molar-refractivity contribution in [2.45, 2.75) is 19.4 Å². The van der Waals surface area contributed by atoms with Crippen LogP contribution in [0.2, 0.25) is 0 Å². The molecule has 0 radical (unpaired) electrons. The number of nitrogens with one attached hydrogen (secondary N) is 2. The van der Waals surface area contributed by atoms with E-state index >= 15 is 0 Å². The fourth-order valence-corrected chi connectivity index (χ4v) is 1.39. The molecule has 0 aliphatic rings. The van der Waals surface area contributed by atoms with Crippen LogP contribution in [0.25, 0.3) is 5.95 Å². The minimum Gasteiger partial charge on any atom is -0.396 e. The topological polar surface area (TPSA) is 140 Å². The molecule has 19 heavy (non-hydrogen) atoms. The summed E-state index contributed by atoms with van der Waals surface area (Å²) in [5, 5.41) is 15.8. The van der Waals surface area contributed by atoms with Crippen molar-refractivity contribution in [3.05, 3.63) is 12.7 Å². The third kappa shape index (κ3) is 3.33. The van der Waals surface area contributed by atoms with E-state index in [0.717, 1.165) is 0 Å². The van der Waals surface area contributed by atoms with Crippen molar-refractivity contribution < 1.29 is 5.11 Å². The summed E-state index contributed by atoms with van der Waals surface area (Å²) in [6.07, 6.45) is 3.42. The van der Waals surface area contributed by atoms with Gasteiger partial charge in [0.05, 0.1) is 0 Å². The number of nitrogens with two attached hydrogens (primary N) is 1. The van der Waals surface area contributed by atoms with Gasteiger partial charge < -0.3 is 10.4 Å². The highest BCUT2D eigenvalue weighted by atomic mass is 16.3. The summed E-state index contributed by atoms with van der Waals surface area (Å²) in [5.74, 6) is 6.16. The van der Waals surface area contributed by atoms with Gasteiger partial charge in [-0.2, -0.15) is 24.7 Å². The van der Waals surface area contributed by atoms with E-state index in [1.54, 1.807) is 0 Å². The Morgan fingerprint density at radius 3 is 2.79 bits per heavy atom. The number of hydrazine groups is 1. The lowest BCUT2D eigenvalue weighted by atomic mass is 10.2. The zero-order valence-corrected chi connectivity index (χ0v) is 10.4. The van der Waals surface area contributed by atoms with Crippen LogP contribution in [0.4, 0.5) is 11.9 Å². The van der Waals surface area contributed by atoms with Crippen LogP contribution in [0, 0.1) is 0 Å². The number of aliphatic hydroxyl groups is 1. The van der Waals surface area contributed by atoms with Crippen LogP contribution in [0.5, 0.6) is 0 Å². The largest absolute Gasteiger partial charge is 0.396 e. The van der Waals surface area contributed by atoms with Crippen LogP contribution in [0.15, 0.2) is 12.7 Å². The Hall–Kier alpha value is -2.33. The monoisotopic (exact) mass is 265 g/mol. The van der Waals surface area contributed by atoms with Gasteiger partial charge in [0.15, 0.2) is 0 Å². The van der Waals surface area contributed by atoms with Crippen LogP contribution in [-0.4, -0.2) is 47.5 Å². The molecule has 0 aromatic carbocycles. The predicted octanol–water partition coefficient (Wildman–Crippen LogP) is -1.08. The van der Waals surface area contributed by atoms with Crippen LogP contribution in [0.3, 0.4) is 0 Å². The highest BCUT2D eigenvalue weighted by Gasteiger charge is 2.10. The zero-order valence-electron chi connectivity index (χ0n) is 10.4. The smallest absolute Gasteiger partial charge is 0.258 e. The van der Waals surface area contributed by atoms with Gasteiger partial charge in [0, 0.05) is 12.6 Å². The van der Waals surface area contributed by atoms with Crippen LogP contribution in [-0.2, 0) is 0 Å². The Kier molecular flexibility index (Phi) is 4.15. The standard InChI is InChI=1S/C9H15N9O/c1-6(2-3-19)13-7-14-8(17-10)16-9(15-7)18-5-11-4-12-18/h4-6,19H,2-3,10H2,1H3,(H2,13,14,15,16,17). The van der Waals surface area contributed by atoms with E-state index in [-0.39, 0.29) is 18.6 Å². The summed E-state index contributed by atoms with van der Waals surface area (Å²) in [6.45, 7) is 1.99. The van der Waals surface area contributed by atoms with Gasteiger partial charge in [0.1, 0.15) is 12.7 Å². The molecule has 10 heteroatoms. The Morgan fingerprint density at radius 2 is 2.16 bits per heavy atom. The lowest BCUT2D eigenvalue weighted by Gasteiger charge is -2.13. The average Bonchev–Trinajstić information content (AvgIpc) is 2.92. The van der Waals surface area contributed by atoms with Crippen LogP contribution >= 0.6 is 0 Å². The van der Waals surface area contributed by atoms with Gasteiger partial charge in [-0.25, -0.2) is 10.8 Å². The Morgan fingerprint density at radius 1 is 1.37 bits per heavy atom. The fraction of sp³-hybridized carbons (Fsp3) is 0.444. The molecule has 2 rings (SSSR count). The summed E-state index contributed by atoms with van der Waals surface area (Å²) in [7, 11) is 0. The van der Waals surface area contributed by atoms with Crippen molar-refractivity contribution in [3.8, 4) is 5.95 Å². The van der Waals surface area contributed by atoms with Gasteiger partial charge in [0.25, 0.3) is 5.95 Å². The molecule has 0 fully saturated rings. The molecule has 2 aromatic heterocycles.